The lowest BCUT2D eigenvalue weighted by molar-refractivity contribution is -0.121. The number of amides is 1. The van der Waals surface area contributed by atoms with Gasteiger partial charge < -0.3 is 19.5 Å². The van der Waals surface area contributed by atoms with Gasteiger partial charge in [-0.3, -0.25) is 10.2 Å². The highest BCUT2D eigenvalue weighted by molar-refractivity contribution is 5.79. The minimum absolute atomic E-state index is 0.0413. The van der Waals surface area contributed by atoms with Crippen LogP contribution in [0.3, 0.4) is 0 Å². The molecule has 2 aromatic rings. The summed E-state index contributed by atoms with van der Waals surface area (Å²) in [6.45, 7) is 2.07. The van der Waals surface area contributed by atoms with E-state index >= 15 is 0 Å². The van der Waals surface area contributed by atoms with Crippen molar-refractivity contribution in [2.24, 2.45) is 0 Å². The van der Waals surface area contributed by atoms with Crippen molar-refractivity contribution in [1.82, 2.24) is 16.2 Å². The first kappa shape index (κ1) is 20.0. The van der Waals surface area contributed by atoms with Crippen molar-refractivity contribution in [2.45, 2.75) is 31.5 Å². The Balaban J connectivity index is 1.71. The molecular weight excluding hydrogens is 358 g/mol. The molecule has 3 unspecified atom stereocenters. The summed E-state index contributed by atoms with van der Waals surface area (Å²) >= 11 is 0. The van der Waals surface area contributed by atoms with E-state index in [1.165, 1.54) is 0 Å². The van der Waals surface area contributed by atoms with Crippen LogP contribution in [0.5, 0.6) is 17.2 Å². The van der Waals surface area contributed by atoms with E-state index in [9.17, 15) is 4.79 Å². The van der Waals surface area contributed by atoms with Gasteiger partial charge >= 0.3 is 0 Å². The topological polar surface area (TPSA) is 80.9 Å². The fourth-order valence-electron chi connectivity index (χ4n) is 3.51. The number of ether oxygens (including phenoxy) is 3. The average molecular weight is 385 g/mol. The number of hydrazine groups is 1. The number of hydrogen-bond donors (Lipinski definition) is 3. The highest BCUT2D eigenvalue weighted by atomic mass is 16.5. The molecule has 3 N–H and O–H groups in total. The maximum absolute atomic E-state index is 12.6. The second-order valence-corrected chi connectivity index (χ2v) is 6.79. The summed E-state index contributed by atoms with van der Waals surface area (Å²) in [5, 5.41) is 3.09. The molecule has 0 saturated carbocycles. The number of rotatable bonds is 7. The molecular formula is C21H27N3O4. The highest BCUT2D eigenvalue weighted by Gasteiger charge is 2.35. The van der Waals surface area contributed by atoms with E-state index in [4.69, 9.17) is 14.2 Å². The normalized spacial score (nSPS) is 21.2. The fourth-order valence-corrected chi connectivity index (χ4v) is 3.51. The molecule has 2 aromatic carbocycles. The van der Waals surface area contributed by atoms with Crippen LogP contribution in [0.1, 0.15) is 24.0 Å². The number of methoxy groups -OCH3 is 3. The van der Waals surface area contributed by atoms with Gasteiger partial charge in [-0.15, -0.1) is 0 Å². The van der Waals surface area contributed by atoms with E-state index in [0.29, 0.717) is 17.9 Å². The average Bonchev–Trinajstić information content (AvgIpc) is 3.07. The van der Waals surface area contributed by atoms with Gasteiger partial charge in [0.25, 0.3) is 0 Å². The lowest BCUT2D eigenvalue weighted by atomic mass is 9.91. The second kappa shape index (κ2) is 8.95. The first-order valence-electron chi connectivity index (χ1n) is 9.21. The predicted octanol–water partition coefficient (Wildman–Crippen LogP) is 1.98. The Morgan fingerprint density at radius 3 is 2.32 bits per heavy atom. The Hall–Kier alpha value is -2.77. The lowest BCUT2D eigenvalue weighted by Crippen LogP contribution is -2.46. The molecule has 28 heavy (non-hydrogen) atoms. The minimum Gasteiger partial charge on any atom is -0.497 e. The quantitative estimate of drug-likeness (QED) is 0.676. The van der Waals surface area contributed by atoms with Crippen LogP contribution in [-0.2, 0) is 11.2 Å². The first-order chi connectivity index (χ1) is 13.5. The van der Waals surface area contributed by atoms with Gasteiger partial charge in [0.2, 0.25) is 5.91 Å². The number of carbonyl (C=O) groups is 1. The summed E-state index contributed by atoms with van der Waals surface area (Å²) < 4.78 is 15.9. The molecule has 1 amide bonds. The van der Waals surface area contributed by atoms with Crippen molar-refractivity contribution >= 4 is 5.91 Å². The Morgan fingerprint density at radius 1 is 0.964 bits per heavy atom. The van der Waals surface area contributed by atoms with Crippen molar-refractivity contribution in [3.8, 4) is 17.2 Å². The van der Waals surface area contributed by atoms with Gasteiger partial charge in [0.15, 0.2) is 11.5 Å². The van der Waals surface area contributed by atoms with Crippen molar-refractivity contribution in [2.75, 3.05) is 21.3 Å². The van der Waals surface area contributed by atoms with Gasteiger partial charge in [-0.1, -0.05) is 18.2 Å². The molecule has 1 aliphatic rings. The Bertz CT molecular complexity index is 810. The van der Waals surface area contributed by atoms with Crippen molar-refractivity contribution in [3.05, 3.63) is 53.6 Å². The Kier molecular flexibility index (Phi) is 6.38. The molecule has 0 spiro atoms. The zero-order valence-electron chi connectivity index (χ0n) is 16.6. The van der Waals surface area contributed by atoms with Crippen LogP contribution >= 0.6 is 0 Å². The maximum Gasteiger partial charge on any atom is 0.225 e. The van der Waals surface area contributed by atoms with Crippen LogP contribution in [0, 0.1) is 0 Å². The van der Waals surface area contributed by atoms with E-state index in [2.05, 4.69) is 23.1 Å². The van der Waals surface area contributed by atoms with Gasteiger partial charge in [-0.2, -0.15) is 0 Å². The monoisotopic (exact) mass is 385 g/mol. The summed E-state index contributed by atoms with van der Waals surface area (Å²) in [5.41, 5.74) is 8.38. The maximum atomic E-state index is 12.6. The summed E-state index contributed by atoms with van der Waals surface area (Å²) in [6, 6.07) is 13.5. The van der Waals surface area contributed by atoms with Crippen LogP contribution in [0.25, 0.3) is 0 Å². The molecule has 1 fully saturated rings. The van der Waals surface area contributed by atoms with E-state index in [0.717, 1.165) is 16.9 Å². The minimum atomic E-state index is -0.237. The molecule has 7 nitrogen and oxygen atoms in total. The zero-order valence-corrected chi connectivity index (χ0v) is 16.6. The van der Waals surface area contributed by atoms with Crippen LogP contribution in [-0.4, -0.2) is 39.4 Å². The lowest BCUT2D eigenvalue weighted by Gasteiger charge is -2.23. The smallest absolute Gasteiger partial charge is 0.225 e. The Labute approximate surface area is 165 Å². The predicted molar refractivity (Wildman–Crippen MR) is 107 cm³/mol. The third-order valence-corrected chi connectivity index (χ3v) is 5.00. The summed E-state index contributed by atoms with van der Waals surface area (Å²) in [7, 11) is 4.85. The molecule has 1 heterocycles. The van der Waals surface area contributed by atoms with E-state index in [1.807, 2.05) is 42.5 Å². The third kappa shape index (κ3) is 4.37. The highest BCUT2D eigenvalue weighted by Crippen LogP contribution is 2.34. The van der Waals surface area contributed by atoms with Gasteiger partial charge in [-0.25, -0.2) is 5.43 Å². The number of nitrogens with one attached hydrogen (secondary N) is 3. The van der Waals surface area contributed by atoms with Crippen LogP contribution < -0.4 is 30.4 Å². The van der Waals surface area contributed by atoms with E-state index in [1.54, 1.807) is 21.3 Å². The fraction of sp³-hybridized carbons (Fsp3) is 0.381. The van der Waals surface area contributed by atoms with Gasteiger partial charge in [-0.05, 0) is 42.3 Å². The standard InChI is InChI=1S/C21H27N3O4/c1-13-20(15-7-10-17(27-3)18(12-15)28-4)21(24-23-13)22-19(25)11-14-5-8-16(26-2)9-6-14/h5-10,12-13,20-21,23-24H,11H2,1-4H3,(H,22,25). The first-order valence-corrected chi connectivity index (χ1v) is 9.21. The van der Waals surface area contributed by atoms with Crippen molar-refractivity contribution < 1.29 is 19.0 Å². The van der Waals surface area contributed by atoms with Gasteiger partial charge in [0.1, 0.15) is 11.9 Å². The molecule has 0 bridgehead atoms. The van der Waals surface area contributed by atoms with Crippen molar-refractivity contribution in [1.29, 1.82) is 0 Å². The number of carbonyl (C=O) groups excluding carboxylic acids is 1. The molecule has 0 radical (unpaired) electrons. The van der Waals surface area contributed by atoms with E-state index < -0.39 is 0 Å². The molecule has 1 saturated heterocycles. The summed E-state index contributed by atoms with van der Waals surface area (Å²) in [6.07, 6.45) is 0.0636. The largest absolute Gasteiger partial charge is 0.497 e. The summed E-state index contributed by atoms with van der Waals surface area (Å²) in [4.78, 5) is 12.6. The summed E-state index contributed by atoms with van der Waals surface area (Å²) in [5.74, 6) is 2.11. The van der Waals surface area contributed by atoms with Crippen LogP contribution in [0.4, 0.5) is 0 Å². The van der Waals surface area contributed by atoms with Crippen LogP contribution in [0.15, 0.2) is 42.5 Å². The second-order valence-electron chi connectivity index (χ2n) is 6.79. The van der Waals surface area contributed by atoms with E-state index in [-0.39, 0.29) is 24.0 Å². The SMILES string of the molecule is COc1ccc(CC(=O)NC2NNC(C)C2c2ccc(OC)c(OC)c2)cc1. The van der Waals surface area contributed by atoms with Crippen LogP contribution in [0.2, 0.25) is 0 Å². The molecule has 0 aromatic heterocycles. The van der Waals surface area contributed by atoms with Gasteiger partial charge in [0, 0.05) is 12.0 Å². The molecule has 150 valence electrons. The van der Waals surface area contributed by atoms with Crippen molar-refractivity contribution in [3.63, 3.8) is 0 Å². The molecule has 1 aliphatic heterocycles. The molecule has 3 atom stereocenters. The Morgan fingerprint density at radius 2 is 1.68 bits per heavy atom. The molecule has 3 rings (SSSR count). The molecule has 0 aliphatic carbocycles. The number of hydrogen-bond acceptors (Lipinski definition) is 6. The van der Waals surface area contributed by atoms with Gasteiger partial charge in [0.05, 0.1) is 27.8 Å². The number of benzene rings is 2. The molecule has 7 heteroatoms. The zero-order chi connectivity index (χ0) is 20.1. The third-order valence-electron chi connectivity index (χ3n) is 5.00.